The molecule has 0 bridgehead atoms. The third kappa shape index (κ3) is 9.54. The molecule has 0 aromatic heterocycles. The van der Waals surface area contributed by atoms with Gasteiger partial charge in [0.1, 0.15) is 17.1 Å². The Bertz CT molecular complexity index is 368. The summed E-state index contributed by atoms with van der Waals surface area (Å²) >= 11 is -2.48. The van der Waals surface area contributed by atoms with Gasteiger partial charge in [-0.1, -0.05) is 57.6 Å². The Balaban J connectivity index is 0.00000361. The maximum Gasteiger partial charge on any atom is 1.00 e. The fourth-order valence-electron chi connectivity index (χ4n) is 2.08. The molecule has 20 heavy (non-hydrogen) atoms. The third-order valence-corrected chi connectivity index (χ3v) is 3.49. The standard InChI is InChI=1S/C15H24O3S.Cu/c1-2-3-4-5-6-7-8-9-14-10-12-15(13-11-14)18-19(16)17;/h10-13H,2-9H2,1H3,(H,16,17);/q;+1/p-1. The number of hydrogen-bond acceptors (Lipinski definition) is 3. The smallest absolute Gasteiger partial charge is 0.740 e. The van der Waals surface area contributed by atoms with Crippen molar-refractivity contribution in [3.8, 4) is 5.75 Å². The van der Waals surface area contributed by atoms with E-state index in [1.54, 1.807) is 12.1 Å². The zero-order chi connectivity index (χ0) is 13.9. The molecule has 1 unspecified atom stereocenters. The summed E-state index contributed by atoms with van der Waals surface area (Å²) in [6, 6.07) is 7.26. The summed E-state index contributed by atoms with van der Waals surface area (Å²) < 4.78 is 25.3. The molecule has 1 aromatic carbocycles. The molecule has 0 radical (unpaired) electrons. The summed E-state index contributed by atoms with van der Waals surface area (Å²) in [4.78, 5) is 0. The number of benzene rings is 1. The van der Waals surface area contributed by atoms with Gasteiger partial charge in [-0.15, -0.1) is 0 Å². The molecule has 0 amide bonds. The van der Waals surface area contributed by atoms with Crippen LogP contribution in [-0.2, 0) is 34.9 Å². The minimum absolute atomic E-state index is 0. The second-order valence-electron chi connectivity index (χ2n) is 4.80. The number of rotatable bonds is 10. The van der Waals surface area contributed by atoms with E-state index >= 15 is 0 Å². The first-order valence-electron chi connectivity index (χ1n) is 7.09. The van der Waals surface area contributed by atoms with Gasteiger partial charge in [0.15, 0.2) is 0 Å². The first-order chi connectivity index (χ1) is 9.22. The summed E-state index contributed by atoms with van der Waals surface area (Å²) in [5.74, 6) is 0.372. The van der Waals surface area contributed by atoms with Crippen LogP contribution in [0.5, 0.6) is 5.75 Å². The molecule has 0 saturated carbocycles. The Morgan fingerprint density at radius 1 is 1.00 bits per heavy atom. The van der Waals surface area contributed by atoms with Crippen molar-refractivity contribution in [2.45, 2.75) is 58.3 Å². The number of aryl methyl sites for hydroxylation is 1. The fourth-order valence-corrected chi connectivity index (χ4v) is 2.34. The fraction of sp³-hybridized carbons (Fsp3) is 0.600. The first kappa shape index (κ1) is 19.6. The van der Waals surface area contributed by atoms with Crippen LogP contribution < -0.4 is 4.18 Å². The van der Waals surface area contributed by atoms with Crippen LogP contribution >= 0.6 is 0 Å². The molecule has 0 saturated heterocycles. The SMILES string of the molecule is CCCCCCCCCc1ccc(OS(=O)[O-])cc1.[Cu+]. The van der Waals surface area contributed by atoms with E-state index in [1.165, 1.54) is 50.5 Å². The van der Waals surface area contributed by atoms with E-state index in [0.29, 0.717) is 5.75 Å². The van der Waals surface area contributed by atoms with E-state index in [4.69, 9.17) is 0 Å². The van der Waals surface area contributed by atoms with Crippen molar-refractivity contribution in [2.75, 3.05) is 0 Å². The number of unbranched alkanes of at least 4 members (excludes halogenated alkanes) is 6. The molecule has 0 heterocycles. The second kappa shape index (κ2) is 12.4. The molecule has 1 rings (SSSR count). The van der Waals surface area contributed by atoms with Gasteiger partial charge in [0.05, 0.1) is 0 Å². The van der Waals surface area contributed by atoms with Crippen molar-refractivity contribution in [3.05, 3.63) is 29.8 Å². The maximum absolute atomic E-state index is 10.4. The van der Waals surface area contributed by atoms with Crippen LogP contribution in [0.1, 0.15) is 57.4 Å². The van der Waals surface area contributed by atoms with Crippen molar-refractivity contribution in [3.63, 3.8) is 0 Å². The first-order valence-corrected chi connectivity index (χ1v) is 8.09. The van der Waals surface area contributed by atoms with Crippen LogP contribution in [0.3, 0.4) is 0 Å². The molecule has 0 N–H and O–H groups in total. The third-order valence-electron chi connectivity index (χ3n) is 3.16. The van der Waals surface area contributed by atoms with Crippen molar-refractivity contribution in [1.82, 2.24) is 0 Å². The van der Waals surface area contributed by atoms with Crippen molar-refractivity contribution in [2.24, 2.45) is 0 Å². The van der Waals surface area contributed by atoms with Gasteiger partial charge in [-0.3, -0.25) is 0 Å². The molecule has 0 aliphatic rings. The summed E-state index contributed by atoms with van der Waals surface area (Å²) in [6.07, 6.45) is 10.2. The zero-order valence-electron chi connectivity index (χ0n) is 11.9. The molecule has 0 fully saturated rings. The van der Waals surface area contributed by atoms with E-state index in [0.717, 1.165) is 6.42 Å². The quantitative estimate of drug-likeness (QED) is 0.363. The van der Waals surface area contributed by atoms with Gasteiger partial charge in [-0.2, -0.15) is 0 Å². The van der Waals surface area contributed by atoms with E-state index < -0.39 is 11.4 Å². The van der Waals surface area contributed by atoms with Crippen LogP contribution in [0, 0.1) is 0 Å². The predicted octanol–water partition coefficient (Wildman–Crippen LogP) is 4.15. The number of hydrogen-bond donors (Lipinski definition) is 0. The summed E-state index contributed by atoms with van der Waals surface area (Å²) in [7, 11) is 0. The molecule has 0 spiro atoms. The molecule has 1 atom stereocenters. The van der Waals surface area contributed by atoms with Crippen LogP contribution in [-0.4, -0.2) is 8.76 Å². The van der Waals surface area contributed by atoms with Crippen LogP contribution in [0.4, 0.5) is 0 Å². The molecule has 0 aliphatic carbocycles. The Labute approximate surface area is 135 Å². The van der Waals surface area contributed by atoms with E-state index in [2.05, 4.69) is 11.1 Å². The molecule has 1 aromatic rings. The predicted molar refractivity (Wildman–Crippen MR) is 77.7 cm³/mol. The topological polar surface area (TPSA) is 49.4 Å². The molecule has 0 aliphatic heterocycles. The second-order valence-corrected chi connectivity index (χ2v) is 5.38. The Kier molecular flexibility index (Phi) is 12.2. The van der Waals surface area contributed by atoms with Gasteiger partial charge < -0.3 is 8.74 Å². The van der Waals surface area contributed by atoms with Gasteiger partial charge in [0.25, 0.3) is 0 Å². The van der Waals surface area contributed by atoms with Crippen molar-refractivity contribution < 1.29 is 30.0 Å². The summed E-state index contributed by atoms with van der Waals surface area (Å²) in [5.41, 5.74) is 1.23. The normalized spacial score (nSPS) is 11.7. The molecular weight excluding hydrogens is 324 g/mol. The van der Waals surface area contributed by atoms with Crippen LogP contribution in [0.15, 0.2) is 24.3 Å². The monoisotopic (exact) mass is 346 g/mol. The average Bonchev–Trinajstić information content (AvgIpc) is 2.39. The van der Waals surface area contributed by atoms with Gasteiger partial charge in [0, 0.05) is 0 Å². The average molecular weight is 347 g/mol. The Morgan fingerprint density at radius 3 is 2.10 bits per heavy atom. The Morgan fingerprint density at radius 2 is 1.55 bits per heavy atom. The van der Waals surface area contributed by atoms with Crippen LogP contribution in [0.25, 0.3) is 0 Å². The minimum Gasteiger partial charge on any atom is -0.740 e. The molecule has 3 nitrogen and oxygen atoms in total. The molecule has 5 heteroatoms. The largest absolute Gasteiger partial charge is 1.00 e. The van der Waals surface area contributed by atoms with Gasteiger partial charge >= 0.3 is 17.1 Å². The van der Waals surface area contributed by atoms with Gasteiger partial charge in [-0.25, -0.2) is 4.21 Å². The molecular formula is C15H23CuO3S. The summed E-state index contributed by atoms with van der Waals surface area (Å²) in [5, 5.41) is 0. The molecule has 118 valence electrons. The van der Waals surface area contributed by atoms with Crippen molar-refractivity contribution in [1.29, 1.82) is 0 Å². The van der Waals surface area contributed by atoms with Crippen LogP contribution in [0.2, 0.25) is 0 Å². The minimum atomic E-state index is -2.48. The van der Waals surface area contributed by atoms with Crippen molar-refractivity contribution >= 4 is 11.4 Å². The van der Waals surface area contributed by atoms with E-state index in [-0.39, 0.29) is 17.1 Å². The Hall–Kier alpha value is -0.351. The van der Waals surface area contributed by atoms with E-state index in [9.17, 15) is 8.76 Å². The van der Waals surface area contributed by atoms with Gasteiger partial charge in [0.2, 0.25) is 0 Å². The maximum atomic E-state index is 10.4. The summed E-state index contributed by atoms with van der Waals surface area (Å²) in [6.45, 7) is 2.23. The van der Waals surface area contributed by atoms with E-state index in [1.807, 2.05) is 12.1 Å². The van der Waals surface area contributed by atoms with Gasteiger partial charge in [-0.05, 0) is 30.5 Å². The zero-order valence-corrected chi connectivity index (χ0v) is 13.7.